The van der Waals surface area contributed by atoms with E-state index in [1.165, 1.54) is 5.56 Å². The third-order valence-corrected chi connectivity index (χ3v) is 2.00. The average Bonchev–Trinajstić information content (AvgIpc) is 2.26. The number of benzene rings is 1. The molecule has 4 heteroatoms. The number of likely N-dealkylation sites (N-methyl/N-ethyl adjacent to an activating group) is 1. The largest absolute Gasteiger partial charge is 0.300 e. The van der Waals surface area contributed by atoms with E-state index in [0.717, 1.165) is 13.1 Å². The lowest BCUT2D eigenvalue weighted by Gasteiger charge is -2.15. The van der Waals surface area contributed by atoms with Crippen LogP contribution in [0.5, 0.6) is 0 Å². The second-order valence-electron chi connectivity index (χ2n) is 3.31. The lowest BCUT2D eigenvalue weighted by atomic mass is 10.2. The molecule has 0 saturated heterocycles. The quantitative estimate of drug-likeness (QED) is 0.409. The molecule has 0 aliphatic rings. The van der Waals surface area contributed by atoms with Crippen LogP contribution in [0.2, 0.25) is 0 Å². The Morgan fingerprint density at radius 3 is 2.80 bits per heavy atom. The molecule has 0 aliphatic carbocycles. The highest BCUT2D eigenvalue weighted by atomic mass is 16.6. The number of nitrogens with zero attached hydrogens (tertiary/aromatic N) is 1. The Bertz CT molecular complexity index is 277. The van der Waals surface area contributed by atoms with Gasteiger partial charge in [0.1, 0.15) is 0 Å². The molecule has 4 nitrogen and oxygen atoms in total. The van der Waals surface area contributed by atoms with Gasteiger partial charge in [-0.2, -0.15) is 0 Å². The molecule has 0 saturated carbocycles. The van der Waals surface area contributed by atoms with Crippen LogP contribution in [0, 0.1) is 0 Å². The van der Waals surface area contributed by atoms with Gasteiger partial charge in [-0.3, -0.25) is 14.5 Å². The summed E-state index contributed by atoms with van der Waals surface area (Å²) in [4.78, 5) is 16.8. The highest BCUT2D eigenvalue weighted by molar-refractivity contribution is 5.43. The summed E-state index contributed by atoms with van der Waals surface area (Å²) in [5.74, 6) is 0. The number of hydrogen-bond donors (Lipinski definition) is 1. The van der Waals surface area contributed by atoms with Crippen LogP contribution in [0.1, 0.15) is 5.56 Å². The van der Waals surface area contributed by atoms with Crippen LogP contribution >= 0.6 is 0 Å². The Hall–Kier alpha value is -1.39. The van der Waals surface area contributed by atoms with Gasteiger partial charge in [0.25, 0.3) is 0 Å². The molecule has 1 aromatic carbocycles. The molecular formula is C11H16N2O2. The molecule has 0 atom stereocenters. The molecule has 0 aromatic heterocycles. The van der Waals surface area contributed by atoms with E-state index in [2.05, 4.69) is 22.5 Å². The summed E-state index contributed by atoms with van der Waals surface area (Å²) >= 11 is 0. The van der Waals surface area contributed by atoms with Crippen LogP contribution in [-0.2, 0) is 16.2 Å². The molecule has 0 bridgehead atoms. The molecule has 15 heavy (non-hydrogen) atoms. The zero-order valence-corrected chi connectivity index (χ0v) is 8.85. The van der Waals surface area contributed by atoms with Gasteiger partial charge in [-0.25, -0.2) is 5.48 Å². The van der Waals surface area contributed by atoms with Crippen molar-refractivity contribution in [2.45, 2.75) is 6.54 Å². The molecular weight excluding hydrogens is 192 g/mol. The van der Waals surface area contributed by atoms with E-state index in [0.29, 0.717) is 13.0 Å². The van der Waals surface area contributed by atoms with Crippen molar-refractivity contribution >= 4 is 6.41 Å². The first-order valence-corrected chi connectivity index (χ1v) is 4.86. The molecule has 1 rings (SSSR count). The Labute approximate surface area is 89.8 Å². The SMILES string of the molecule is CN(CCONC=O)Cc1ccccc1. The maximum Gasteiger partial charge on any atom is 0.230 e. The van der Waals surface area contributed by atoms with Gasteiger partial charge in [0.15, 0.2) is 0 Å². The molecule has 0 spiro atoms. The predicted molar refractivity (Wildman–Crippen MR) is 57.9 cm³/mol. The van der Waals surface area contributed by atoms with E-state index in [1.807, 2.05) is 25.2 Å². The van der Waals surface area contributed by atoms with Gasteiger partial charge in [-0.05, 0) is 12.6 Å². The van der Waals surface area contributed by atoms with Crippen LogP contribution in [0.15, 0.2) is 30.3 Å². The van der Waals surface area contributed by atoms with Gasteiger partial charge < -0.3 is 0 Å². The molecule has 1 aromatic rings. The Kier molecular flexibility index (Phi) is 5.43. The second-order valence-corrected chi connectivity index (χ2v) is 3.31. The average molecular weight is 208 g/mol. The van der Waals surface area contributed by atoms with Crippen molar-refractivity contribution in [3.63, 3.8) is 0 Å². The minimum absolute atomic E-state index is 0.488. The lowest BCUT2D eigenvalue weighted by molar-refractivity contribution is -0.120. The fourth-order valence-electron chi connectivity index (χ4n) is 1.27. The summed E-state index contributed by atoms with van der Waals surface area (Å²) in [6, 6.07) is 10.2. The molecule has 1 amide bonds. The first-order valence-electron chi connectivity index (χ1n) is 4.86. The Morgan fingerprint density at radius 1 is 1.40 bits per heavy atom. The molecule has 0 unspecified atom stereocenters. The van der Waals surface area contributed by atoms with Crippen molar-refractivity contribution in [1.82, 2.24) is 10.4 Å². The first kappa shape index (κ1) is 11.7. The summed E-state index contributed by atoms with van der Waals surface area (Å²) in [7, 11) is 2.01. The minimum Gasteiger partial charge on any atom is -0.300 e. The van der Waals surface area contributed by atoms with Crippen molar-refractivity contribution in [1.29, 1.82) is 0 Å². The van der Waals surface area contributed by atoms with Gasteiger partial charge in [-0.15, -0.1) is 0 Å². The molecule has 0 radical (unpaired) electrons. The van der Waals surface area contributed by atoms with Crippen molar-refractivity contribution in [3.05, 3.63) is 35.9 Å². The van der Waals surface area contributed by atoms with Gasteiger partial charge in [0, 0.05) is 13.1 Å². The maximum atomic E-state index is 9.89. The lowest BCUT2D eigenvalue weighted by Crippen LogP contribution is -2.25. The fourth-order valence-corrected chi connectivity index (χ4v) is 1.27. The van der Waals surface area contributed by atoms with Crippen molar-refractivity contribution in [3.8, 4) is 0 Å². The maximum absolute atomic E-state index is 9.89. The molecule has 0 heterocycles. The van der Waals surface area contributed by atoms with E-state index in [-0.39, 0.29) is 0 Å². The zero-order chi connectivity index (χ0) is 10.9. The third-order valence-electron chi connectivity index (χ3n) is 2.00. The van der Waals surface area contributed by atoms with Crippen LogP contribution in [0.4, 0.5) is 0 Å². The number of carbonyl (C=O) groups is 1. The minimum atomic E-state index is 0.488. The van der Waals surface area contributed by atoms with Gasteiger partial charge in [-0.1, -0.05) is 30.3 Å². The standard InChI is InChI=1S/C11H16N2O2/c1-13(7-8-15-12-10-14)9-11-5-3-2-4-6-11/h2-6,10H,7-9H2,1H3,(H,12,14). The molecule has 82 valence electrons. The third kappa shape index (κ3) is 5.15. The summed E-state index contributed by atoms with van der Waals surface area (Å²) in [5.41, 5.74) is 3.43. The molecule has 1 N–H and O–H groups in total. The Morgan fingerprint density at radius 2 is 2.13 bits per heavy atom. The van der Waals surface area contributed by atoms with E-state index in [1.54, 1.807) is 0 Å². The smallest absolute Gasteiger partial charge is 0.230 e. The summed E-state index contributed by atoms with van der Waals surface area (Å²) in [6.07, 6.45) is 0.525. The van der Waals surface area contributed by atoms with Gasteiger partial charge in [0.05, 0.1) is 6.61 Å². The highest BCUT2D eigenvalue weighted by Crippen LogP contribution is 2.01. The van der Waals surface area contributed by atoms with Crippen LogP contribution < -0.4 is 5.48 Å². The monoisotopic (exact) mass is 208 g/mol. The van der Waals surface area contributed by atoms with Crippen molar-refractivity contribution < 1.29 is 9.63 Å². The van der Waals surface area contributed by atoms with E-state index in [4.69, 9.17) is 4.84 Å². The van der Waals surface area contributed by atoms with E-state index < -0.39 is 0 Å². The van der Waals surface area contributed by atoms with Gasteiger partial charge >= 0.3 is 0 Å². The summed E-state index contributed by atoms with van der Waals surface area (Å²) < 4.78 is 0. The molecule has 0 fully saturated rings. The van der Waals surface area contributed by atoms with Gasteiger partial charge in [0.2, 0.25) is 6.41 Å². The first-order chi connectivity index (χ1) is 7.33. The fraction of sp³-hybridized carbons (Fsp3) is 0.364. The number of amides is 1. The normalized spacial score (nSPS) is 10.3. The number of carbonyl (C=O) groups excluding carboxylic acids is 1. The van der Waals surface area contributed by atoms with Crippen molar-refractivity contribution in [2.75, 3.05) is 20.2 Å². The zero-order valence-electron chi connectivity index (χ0n) is 8.85. The van der Waals surface area contributed by atoms with Crippen LogP contribution in [0.3, 0.4) is 0 Å². The number of hydroxylamine groups is 1. The summed E-state index contributed by atoms with van der Waals surface area (Å²) in [6.45, 7) is 2.14. The van der Waals surface area contributed by atoms with E-state index >= 15 is 0 Å². The Balaban J connectivity index is 2.18. The molecule has 0 aliphatic heterocycles. The van der Waals surface area contributed by atoms with Crippen LogP contribution in [0.25, 0.3) is 0 Å². The van der Waals surface area contributed by atoms with Crippen molar-refractivity contribution in [2.24, 2.45) is 0 Å². The number of hydrogen-bond acceptors (Lipinski definition) is 3. The summed E-state index contributed by atoms with van der Waals surface area (Å²) in [5, 5.41) is 0. The topological polar surface area (TPSA) is 41.6 Å². The van der Waals surface area contributed by atoms with Crippen LogP contribution in [-0.4, -0.2) is 31.5 Å². The number of rotatable bonds is 7. The highest BCUT2D eigenvalue weighted by Gasteiger charge is 1.99. The predicted octanol–water partition coefficient (Wildman–Crippen LogP) is 0.796. The van der Waals surface area contributed by atoms with E-state index in [9.17, 15) is 4.79 Å². The second kappa shape index (κ2) is 6.98. The number of nitrogens with one attached hydrogen (secondary N) is 1.